The molecule has 3 aromatic rings. The standard InChI is InChI=1S/C17H18N6O4S/c1-10-9-26-6-5-23(10)13-8-11(25-2)14(20-19-13)15(24)18-17-22-21-16(27-17)12-4-3-7-28-12/h3-4,7-8,10H,5-6,9H2,1-2H3,(H,18,22,24)/t10-/m1/s1. The number of methoxy groups -OCH3 is 1. The summed E-state index contributed by atoms with van der Waals surface area (Å²) in [5, 5.41) is 20.4. The van der Waals surface area contributed by atoms with Crippen LogP contribution in [0.2, 0.25) is 0 Å². The summed E-state index contributed by atoms with van der Waals surface area (Å²) in [5.74, 6) is 0.716. The summed E-state index contributed by atoms with van der Waals surface area (Å²) in [6.45, 7) is 3.95. The Morgan fingerprint density at radius 2 is 2.25 bits per heavy atom. The highest BCUT2D eigenvalue weighted by molar-refractivity contribution is 7.13. The van der Waals surface area contributed by atoms with E-state index in [-0.39, 0.29) is 17.8 Å². The summed E-state index contributed by atoms with van der Waals surface area (Å²) in [6.07, 6.45) is 0. The van der Waals surface area contributed by atoms with E-state index >= 15 is 0 Å². The Labute approximate surface area is 164 Å². The van der Waals surface area contributed by atoms with Crippen molar-refractivity contribution >= 4 is 29.1 Å². The number of carbonyl (C=O) groups is 1. The molecule has 1 fully saturated rings. The molecule has 4 rings (SSSR count). The predicted molar refractivity (Wildman–Crippen MR) is 102 cm³/mol. The summed E-state index contributed by atoms with van der Waals surface area (Å²) in [6, 6.07) is 5.54. The maximum absolute atomic E-state index is 12.6. The highest BCUT2D eigenvalue weighted by Crippen LogP contribution is 2.26. The van der Waals surface area contributed by atoms with Crippen LogP contribution in [0.25, 0.3) is 10.8 Å². The average Bonchev–Trinajstić information content (AvgIpc) is 3.39. The van der Waals surface area contributed by atoms with E-state index in [4.69, 9.17) is 13.9 Å². The molecule has 0 aromatic carbocycles. The van der Waals surface area contributed by atoms with Crippen LogP contribution in [0.5, 0.6) is 5.75 Å². The fraction of sp³-hybridized carbons (Fsp3) is 0.353. The van der Waals surface area contributed by atoms with Gasteiger partial charge < -0.3 is 18.8 Å². The number of hydrogen-bond acceptors (Lipinski definition) is 10. The van der Waals surface area contributed by atoms with Crippen molar-refractivity contribution in [3.05, 3.63) is 29.3 Å². The van der Waals surface area contributed by atoms with E-state index in [2.05, 4.69) is 30.6 Å². The lowest BCUT2D eigenvalue weighted by Crippen LogP contribution is -2.44. The van der Waals surface area contributed by atoms with Crippen LogP contribution in [-0.2, 0) is 4.74 Å². The molecule has 1 aliphatic heterocycles. The number of nitrogens with zero attached hydrogens (tertiary/aromatic N) is 5. The first-order chi connectivity index (χ1) is 13.7. The first-order valence-electron chi connectivity index (χ1n) is 8.60. The molecule has 10 nitrogen and oxygen atoms in total. The van der Waals surface area contributed by atoms with Crippen LogP contribution in [0.15, 0.2) is 28.0 Å². The third kappa shape index (κ3) is 3.66. The van der Waals surface area contributed by atoms with E-state index in [1.54, 1.807) is 6.07 Å². The van der Waals surface area contributed by atoms with E-state index in [0.29, 0.717) is 37.2 Å². The van der Waals surface area contributed by atoms with Crippen molar-refractivity contribution in [1.29, 1.82) is 0 Å². The van der Waals surface area contributed by atoms with Gasteiger partial charge in [-0.25, -0.2) is 0 Å². The van der Waals surface area contributed by atoms with E-state index in [1.165, 1.54) is 18.4 Å². The Bertz CT molecular complexity index is 960. The minimum atomic E-state index is -0.549. The molecule has 1 N–H and O–H groups in total. The van der Waals surface area contributed by atoms with Crippen molar-refractivity contribution in [1.82, 2.24) is 20.4 Å². The molecule has 3 aromatic heterocycles. The van der Waals surface area contributed by atoms with Crippen molar-refractivity contribution < 1.29 is 18.7 Å². The van der Waals surface area contributed by atoms with Gasteiger partial charge in [-0.1, -0.05) is 11.2 Å². The Hall–Kier alpha value is -3.05. The van der Waals surface area contributed by atoms with E-state index < -0.39 is 5.91 Å². The van der Waals surface area contributed by atoms with Gasteiger partial charge in [-0.2, -0.15) is 0 Å². The minimum absolute atomic E-state index is 0.0249. The quantitative estimate of drug-likeness (QED) is 0.684. The molecule has 0 aliphatic carbocycles. The van der Waals surface area contributed by atoms with Crippen molar-refractivity contribution in [3.8, 4) is 16.5 Å². The van der Waals surface area contributed by atoms with Gasteiger partial charge in [-0.3, -0.25) is 10.1 Å². The molecule has 4 heterocycles. The van der Waals surface area contributed by atoms with Gasteiger partial charge in [0.1, 0.15) is 0 Å². The van der Waals surface area contributed by atoms with Crippen LogP contribution in [0.3, 0.4) is 0 Å². The predicted octanol–water partition coefficient (Wildman–Crippen LogP) is 2.07. The number of rotatable bonds is 5. The van der Waals surface area contributed by atoms with Crippen molar-refractivity contribution in [2.45, 2.75) is 13.0 Å². The van der Waals surface area contributed by atoms with E-state index in [1.807, 2.05) is 24.4 Å². The largest absolute Gasteiger partial charge is 0.494 e. The molecule has 1 aliphatic rings. The highest BCUT2D eigenvalue weighted by atomic mass is 32.1. The lowest BCUT2D eigenvalue weighted by atomic mass is 10.2. The van der Waals surface area contributed by atoms with Crippen LogP contribution in [0, 0.1) is 0 Å². The summed E-state index contributed by atoms with van der Waals surface area (Å²) >= 11 is 1.46. The Morgan fingerprint density at radius 3 is 3.00 bits per heavy atom. The first kappa shape index (κ1) is 18.3. The molecule has 1 saturated heterocycles. The molecule has 0 spiro atoms. The first-order valence-corrected chi connectivity index (χ1v) is 9.48. The van der Waals surface area contributed by atoms with Gasteiger partial charge in [0, 0.05) is 12.6 Å². The molecule has 1 amide bonds. The number of aromatic nitrogens is 4. The number of amides is 1. The fourth-order valence-electron chi connectivity index (χ4n) is 2.82. The van der Waals surface area contributed by atoms with Crippen molar-refractivity contribution in [2.75, 3.05) is 37.1 Å². The topological polar surface area (TPSA) is 116 Å². The summed E-state index contributed by atoms with van der Waals surface area (Å²) < 4.78 is 16.3. The third-order valence-electron chi connectivity index (χ3n) is 4.22. The molecule has 28 heavy (non-hydrogen) atoms. The number of anilines is 2. The Kier molecular flexibility index (Phi) is 5.17. The highest BCUT2D eigenvalue weighted by Gasteiger charge is 2.24. The maximum atomic E-state index is 12.6. The van der Waals surface area contributed by atoms with Gasteiger partial charge >= 0.3 is 6.01 Å². The van der Waals surface area contributed by atoms with Gasteiger partial charge in [-0.15, -0.1) is 26.6 Å². The second-order valence-electron chi connectivity index (χ2n) is 6.08. The van der Waals surface area contributed by atoms with Crippen LogP contribution in [0.1, 0.15) is 17.4 Å². The van der Waals surface area contributed by atoms with Crippen molar-refractivity contribution in [2.24, 2.45) is 0 Å². The molecule has 0 saturated carbocycles. The lowest BCUT2D eigenvalue weighted by Gasteiger charge is -2.34. The molecular formula is C17H18N6O4S. The number of carbonyl (C=O) groups excluding carboxylic acids is 1. The minimum Gasteiger partial charge on any atom is -0.494 e. The molecule has 1 atom stereocenters. The Balaban J connectivity index is 1.52. The van der Waals surface area contributed by atoms with Crippen LogP contribution in [-0.4, -0.2) is 59.2 Å². The van der Waals surface area contributed by atoms with Gasteiger partial charge in [0.05, 0.1) is 31.2 Å². The van der Waals surface area contributed by atoms with Crippen LogP contribution >= 0.6 is 11.3 Å². The molecule has 0 radical (unpaired) electrons. The molecular weight excluding hydrogens is 384 g/mol. The average molecular weight is 402 g/mol. The summed E-state index contributed by atoms with van der Waals surface area (Å²) in [7, 11) is 1.47. The molecule has 11 heteroatoms. The van der Waals surface area contributed by atoms with Crippen molar-refractivity contribution in [3.63, 3.8) is 0 Å². The molecule has 146 valence electrons. The van der Waals surface area contributed by atoms with Gasteiger partial charge in [0.15, 0.2) is 17.3 Å². The normalized spacial score (nSPS) is 16.8. The van der Waals surface area contributed by atoms with Crippen LogP contribution in [0.4, 0.5) is 11.8 Å². The fourth-order valence-corrected chi connectivity index (χ4v) is 3.46. The lowest BCUT2D eigenvalue weighted by molar-refractivity contribution is 0.0981. The summed E-state index contributed by atoms with van der Waals surface area (Å²) in [4.78, 5) is 15.5. The monoisotopic (exact) mass is 402 g/mol. The number of nitrogens with one attached hydrogen (secondary N) is 1. The Morgan fingerprint density at radius 1 is 1.36 bits per heavy atom. The second kappa shape index (κ2) is 7.90. The third-order valence-corrected chi connectivity index (χ3v) is 5.08. The summed E-state index contributed by atoms with van der Waals surface area (Å²) in [5.41, 5.74) is 0.0306. The van der Waals surface area contributed by atoms with Gasteiger partial charge in [-0.05, 0) is 18.4 Å². The smallest absolute Gasteiger partial charge is 0.322 e. The van der Waals surface area contributed by atoms with Gasteiger partial charge in [0.25, 0.3) is 11.8 Å². The maximum Gasteiger partial charge on any atom is 0.322 e. The number of hydrogen-bond donors (Lipinski definition) is 1. The van der Waals surface area contributed by atoms with Crippen LogP contribution < -0.4 is 15.0 Å². The zero-order valence-electron chi connectivity index (χ0n) is 15.3. The molecule has 0 bridgehead atoms. The van der Waals surface area contributed by atoms with E-state index in [0.717, 1.165) is 4.88 Å². The number of morpholine rings is 1. The van der Waals surface area contributed by atoms with Gasteiger partial charge in [0.2, 0.25) is 0 Å². The number of thiophene rings is 1. The zero-order chi connectivity index (χ0) is 19.5. The van der Waals surface area contributed by atoms with E-state index in [9.17, 15) is 4.79 Å². The second-order valence-corrected chi connectivity index (χ2v) is 7.03. The number of ether oxygens (including phenoxy) is 2. The molecule has 0 unspecified atom stereocenters. The zero-order valence-corrected chi connectivity index (χ0v) is 16.1. The SMILES string of the molecule is COc1cc(N2CCOC[C@H]2C)nnc1C(=O)Nc1nnc(-c2cccs2)o1.